The first-order valence-corrected chi connectivity index (χ1v) is 7.68. The second-order valence-corrected chi connectivity index (χ2v) is 6.29. The van der Waals surface area contributed by atoms with E-state index in [4.69, 9.17) is 5.26 Å². The summed E-state index contributed by atoms with van der Waals surface area (Å²) >= 11 is 0. The minimum absolute atomic E-state index is 0.172. The minimum atomic E-state index is 0.172. The second kappa shape index (κ2) is 5.87. The van der Waals surface area contributed by atoms with E-state index >= 15 is 0 Å². The fourth-order valence-corrected chi connectivity index (χ4v) is 3.63. The Bertz CT molecular complexity index is 548. The van der Waals surface area contributed by atoms with Gasteiger partial charge in [-0.3, -0.25) is 4.79 Å². The van der Waals surface area contributed by atoms with Crippen molar-refractivity contribution >= 4 is 11.6 Å². The molecule has 1 amide bonds. The molecule has 0 aliphatic carbocycles. The number of hydrogen-bond donors (Lipinski definition) is 1. The van der Waals surface area contributed by atoms with Crippen molar-refractivity contribution in [2.24, 2.45) is 5.92 Å². The first-order chi connectivity index (χ1) is 10.2. The summed E-state index contributed by atoms with van der Waals surface area (Å²) in [5.41, 5.74) is 1.48. The smallest absolute Gasteiger partial charge is 0.226 e. The SMILES string of the molecule is CN(C(=O)CC1CC2CCC(C1)N2)c1ccc(C#N)cc1. The van der Waals surface area contributed by atoms with Gasteiger partial charge >= 0.3 is 0 Å². The Kier molecular flexibility index (Phi) is 3.94. The molecule has 2 atom stereocenters. The molecule has 4 heteroatoms. The van der Waals surface area contributed by atoms with Crippen LogP contribution in [0.15, 0.2) is 24.3 Å². The predicted octanol–water partition coefficient (Wildman–Crippen LogP) is 2.44. The Hall–Kier alpha value is -1.86. The molecule has 2 aliphatic heterocycles. The zero-order chi connectivity index (χ0) is 14.8. The molecule has 1 aromatic rings. The van der Waals surface area contributed by atoms with E-state index in [0.717, 1.165) is 18.5 Å². The molecule has 0 aromatic heterocycles. The van der Waals surface area contributed by atoms with Crippen molar-refractivity contribution in [3.05, 3.63) is 29.8 Å². The average Bonchev–Trinajstić information content (AvgIpc) is 2.85. The summed E-state index contributed by atoms with van der Waals surface area (Å²) in [7, 11) is 1.82. The molecular formula is C17H21N3O. The largest absolute Gasteiger partial charge is 0.315 e. The van der Waals surface area contributed by atoms with Crippen LogP contribution < -0.4 is 10.2 Å². The van der Waals surface area contributed by atoms with Crippen molar-refractivity contribution in [1.82, 2.24) is 5.32 Å². The maximum atomic E-state index is 12.4. The van der Waals surface area contributed by atoms with Crippen LogP contribution >= 0.6 is 0 Å². The molecule has 2 aliphatic rings. The summed E-state index contributed by atoms with van der Waals surface area (Å²) in [4.78, 5) is 14.2. The number of carbonyl (C=O) groups is 1. The topological polar surface area (TPSA) is 56.1 Å². The lowest BCUT2D eigenvalue weighted by Crippen LogP contribution is -2.40. The number of nitriles is 1. The third-order valence-corrected chi connectivity index (χ3v) is 4.79. The lowest BCUT2D eigenvalue weighted by molar-refractivity contribution is -0.119. The van der Waals surface area contributed by atoms with Gasteiger partial charge in [-0.2, -0.15) is 5.26 Å². The van der Waals surface area contributed by atoms with Crippen LogP contribution in [0.1, 0.15) is 37.7 Å². The zero-order valence-corrected chi connectivity index (χ0v) is 12.4. The Labute approximate surface area is 125 Å². The molecule has 0 radical (unpaired) electrons. The fraction of sp³-hybridized carbons (Fsp3) is 0.529. The number of anilines is 1. The maximum Gasteiger partial charge on any atom is 0.226 e. The molecule has 2 fully saturated rings. The Balaban J connectivity index is 1.60. The Morgan fingerprint density at radius 2 is 1.90 bits per heavy atom. The summed E-state index contributed by atoms with van der Waals surface area (Å²) in [5, 5.41) is 12.4. The van der Waals surface area contributed by atoms with Crippen LogP contribution in [-0.2, 0) is 4.79 Å². The molecule has 2 saturated heterocycles. The van der Waals surface area contributed by atoms with Crippen LogP contribution in [0.5, 0.6) is 0 Å². The lowest BCUT2D eigenvalue weighted by atomic mass is 9.89. The van der Waals surface area contributed by atoms with Crippen LogP contribution in [0.3, 0.4) is 0 Å². The molecular weight excluding hydrogens is 262 g/mol. The number of nitrogens with one attached hydrogen (secondary N) is 1. The molecule has 21 heavy (non-hydrogen) atoms. The Morgan fingerprint density at radius 3 is 2.48 bits per heavy atom. The van der Waals surface area contributed by atoms with Crippen LogP contribution in [0.25, 0.3) is 0 Å². The number of carbonyl (C=O) groups excluding carboxylic acids is 1. The monoisotopic (exact) mass is 283 g/mol. The molecule has 1 aromatic carbocycles. The number of rotatable bonds is 3. The van der Waals surface area contributed by atoms with E-state index in [9.17, 15) is 4.79 Å². The molecule has 1 N–H and O–H groups in total. The van der Waals surface area contributed by atoms with Gasteiger partial charge < -0.3 is 10.2 Å². The number of benzene rings is 1. The highest BCUT2D eigenvalue weighted by Gasteiger charge is 2.34. The first-order valence-electron chi connectivity index (χ1n) is 7.68. The molecule has 2 heterocycles. The van der Waals surface area contributed by atoms with Gasteiger partial charge in [0.1, 0.15) is 0 Å². The van der Waals surface area contributed by atoms with Crippen LogP contribution in [0.2, 0.25) is 0 Å². The van der Waals surface area contributed by atoms with Gasteiger partial charge in [0.2, 0.25) is 5.91 Å². The fourth-order valence-electron chi connectivity index (χ4n) is 3.63. The van der Waals surface area contributed by atoms with Gasteiger partial charge in [-0.1, -0.05) is 0 Å². The van der Waals surface area contributed by atoms with Gasteiger partial charge in [-0.15, -0.1) is 0 Å². The molecule has 3 rings (SSSR count). The summed E-state index contributed by atoms with van der Waals surface area (Å²) in [6.45, 7) is 0. The molecule has 2 unspecified atom stereocenters. The highest BCUT2D eigenvalue weighted by molar-refractivity contribution is 5.92. The number of nitrogens with zero attached hydrogens (tertiary/aromatic N) is 2. The van der Waals surface area contributed by atoms with Gasteiger partial charge in [0.15, 0.2) is 0 Å². The minimum Gasteiger partial charge on any atom is -0.315 e. The second-order valence-electron chi connectivity index (χ2n) is 6.29. The third-order valence-electron chi connectivity index (χ3n) is 4.79. The Morgan fingerprint density at radius 1 is 1.29 bits per heavy atom. The number of hydrogen-bond acceptors (Lipinski definition) is 3. The predicted molar refractivity (Wildman–Crippen MR) is 81.9 cm³/mol. The van der Waals surface area contributed by atoms with E-state index in [0.29, 0.717) is 30.0 Å². The van der Waals surface area contributed by atoms with Crippen molar-refractivity contribution in [2.75, 3.05) is 11.9 Å². The van der Waals surface area contributed by atoms with Crippen LogP contribution in [-0.4, -0.2) is 25.0 Å². The third kappa shape index (κ3) is 3.08. The van der Waals surface area contributed by atoms with Crippen molar-refractivity contribution in [3.8, 4) is 6.07 Å². The maximum absolute atomic E-state index is 12.4. The van der Waals surface area contributed by atoms with Gasteiger partial charge in [0.05, 0.1) is 11.6 Å². The normalized spacial score (nSPS) is 27.1. The van der Waals surface area contributed by atoms with Gasteiger partial charge in [-0.25, -0.2) is 0 Å². The zero-order valence-electron chi connectivity index (χ0n) is 12.4. The molecule has 2 bridgehead atoms. The highest BCUT2D eigenvalue weighted by atomic mass is 16.2. The quantitative estimate of drug-likeness (QED) is 0.927. The lowest BCUT2D eigenvalue weighted by Gasteiger charge is -2.30. The van der Waals surface area contributed by atoms with Crippen molar-refractivity contribution in [2.45, 2.75) is 44.2 Å². The highest BCUT2D eigenvalue weighted by Crippen LogP contribution is 2.33. The van der Waals surface area contributed by atoms with E-state index in [1.165, 1.54) is 12.8 Å². The van der Waals surface area contributed by atoms with Crippen LogP contribution in [0.4, 0.5) is 5.69 Å². The number of amides is 1. The summed E-state index contributed by atoms with van der Waals surface area (Å²) in [6.07, 6.45) is 5.42. The van der Waals surface area contributed by atoms with E-state index in [-0.39, 0.29) is 5.91 Å². The summed E-state index contributed by atoms with van der Waals surface area (Å²) < 4.78 is 0. The van der Waals surface area contributed by atoms with Crippen molar-refractivity contribution in [1.29, 1.82) is 5.26 Å². The van der Waals surface area contributed by atoms with Gasteiger partial charge in [0.25, 0.3) is 0 Å². The molecule has 4 nitrogen and oxygen atoms in total. The standard InChI is InChI=1S/C17H21N3O/c1-20(16-6-2-12(11-18)3-7-16)17(21)10-13-8-14-4-5-15(9-13)19-14/h2-3,6-7,13-15,19H,4-5,8-10H2,1H3. The van der Waals surface area contributed by atoms with E-state index in [2.05, 4.69) is 11.4 Å². The summed E-state index contributed by atoms with van der Waals surface area (Å²) in [5.74, 6) is 0.683. The van der Waals surface area contributed by atoms with Gasteiger partial charge in [0, 0.05) is 31.2 Å². The van der Waals surface area contributed by atoms with E-state index < -0.39 is 0 Å². The number of fused-ring (bicyclic) bond motifs is 2. The van der Waals surface area contributed by atoms with Crippen molar-refractivity contribution in [3.63, 3.8) is 0 Å². The molecule has 0 spiro atoms. The molecule has 110 valence electrons. The first kappa shape index (κ1) is 14.1. The van der Waals surface area contributed by atoms with Crippen molar-refractivity contribution < 1.29 is 4.79 Å². The average molecular weight is 283 g/mol. The van der Waals surface area contributed by atoms with E-state index in [1.54, 1.807) is 17.0 Å². The van der Waals surface area contributed by atoms with Gasteiger partial charge in [-0.05, 0) is 55.9 Å². The van der Waals surface area contributed by atoms with Crippen LogP contribution in [0, 0.1) is 17.2 Å². The summed E-state index contributed by atoms with van der Waals surface area (Å²) in [6, 6.07) is 10.5. The van der Waals surface area contributed by atoms with E-state index in [1.807, 2.05) is 19.2 Å². The number of piperidine rings is 1. The molecule has 0 saturated carbocycles.